The molecule has 2 fully saturated rings. The monoisotopic (exact) mass is 600 g/mol. The number of nitrogens with zero attached hydrogens (tertiary/aromatic N) is 2. The molecule has 0 aromatic heterocycles. The van der Waals surface area contributed by atoms with Crippen molar-refractivity contribution in [2.45, 2.75) is 25.4 Å². The molecule has 0 bridgehead atoms. The number of nitro benzene ring substituents is 1. The van der Waals surface area contributed by atoms with Crippen LogP contribution in [-0.4, -0.2) is 46.3 Å². The van der Waals surface area contributed by atoms with Crippen molar-refractivity contribution in [2.75, 3.05) is 18.1 Å². The van der Waals surface area contributed by atoms with E-state index in [0.29, 0.717) is 23.4 Å². The second-order valence-electron chi connectivity index (χ2n) is 11.1. The number of phenols is 1. The topological polar surface area (TPSA) is 130 Å². The first-order chi connectivity index (χ1) is 20.8. The van der Waals surface area contributed by atoms with E-state index in [0.717, 1.165) is 27.2 Å². The lowest BCUT2D eigenvalue weighted by molar-refractivity contribution is -0.384. The highest BCUT2D eigenvalue weighted by Gasteiger charge is 2.57. The van der Waals surface area contributed by atoms with Crippen LogP contribution in [0.15, 0.2) is 83.9 Å². The van der Waals surface area contributed by atoms with Crippen LogP contribution in [0.3, 0.4) is 0 Å². The van der Waals surface area contributed by atoms with E-state index in [9.17, 15) is 29.9 Å². The van der Waals surface area contributed by atoms with Gasteiger partial charge in [-0.3, -0.25) is 19.7 Å². The summed E-state index contributed by atoms with van der Waals surface area (Å²) in [6, 6.07) is 20.2. The maximum atomic E-state index is 13.7. The number of fused-ring (bicyclic) bond motifs is 3. The molecular weight excluding hydrogens is 572 g/mol. The first-order valence-electron chi connectivity index (χ1n) is 14.1. The number of aromatic hydroxyl groups is 1. The van der Waals surface area contributed by atoms with Crippen molar-refractivity contribution in [3.63, 3.8) is 0 Å². The third-order valence-electron chi connectivity index (χ3n) is 8.63. The predicted octanol–water partition coefficient (Wildman–Crippen LogP) is 5.79. The Balaban J connectivity index is 1.27. The summed E-state index contributed by atoms with van der Waals surface area (Å²) in [6.45, 7) is -0.0155. The molecule has 9 nitrogen and oxygen atoms in total. The van der Waals surface area contributed by atoms with E-state index >= 15 is 0 Å². The Morgan fingerprint density at radius 2 is 1.84 bits per heavy atom. The number of hydrogen-bond donors (Lipinski definition) is 2. The van der Waals surface area contributed by atoms with Crippen molar-refractivity contribution in [3.05, 3.63) is 110 Å². The number of anilines is 1. The summed E-state index contributed by atoms with van der Waals surface area (Å²) in [7, 11) is 0. The molecule has 2 amide bonds. The van der Waals surface area contributed by atoms with Gasteiger partial charge in [0.25, 0.3) is 5.69 Å². The minimum Gasteiger partial charge on any atom is -0.508 e. The van der Waals surface area contributed by atoms with Crippen LogP contribution >= 0.6 is 11.6 Å². The Morgan fingerprint density at radius 1 is 1.05 bits per heavy atom. The van der Waals surface area contributed by atoms with E-state index in [-0.39, 0.29) is 48.8 Å². The SMILES string of the molecule is O=C1[C@@H]2[C@@H](CC(CO)=C3[C@@H](CC/C(=C/c4ccc(O)cc4Cl)c4ccccc4)OC[C@@H]32)C(=O)N1c1cccc([N+](=O)[O-])c1. The maximum absolute atomic E-state index is 13.7. The van der Waals surface area contributed by atoms with E-state index in [1.54, 1.807) is 12.1 Å². The largest absolute Gasteiger partial charge is 0.508 e. The fourth-order valence-corrected chi connectivity index (χ4v) is 6.91. The summed E-state index contributed by atoms with van der Waals surface area (Å²) in [4.78, 5) is 39.1. The summed E-state index contributed by atoms with van der Waals surface area (Å²) in [5, 5.41) is 31.9. The number of halogens is 1. The molecule has 0 saturated carbocycles. The molecule has 0 spiro atoms. The molecule has 3 aromatic carbocycles. The predicted molar refractivity (Wildman–Crippen MR) is 161 cm³/mol. The number of non-ortho nitro benzene ring substituents is 1. The number of benzene rings is 3. The lowest BCUT2D eigenvalue weighted by Gasteiger charge is -2.31. The molecule has 2 heterocycles. The number of carbonyl (C=O) groups excluding carboxylic acids is 2. The summed E-state index contributed by atoms with van der Waals surface area (Å²) in [5.74, 6) is -2.43. The van der Waals surface area contributed by atoms with Crippen LogP contribution in [0.1, 0.15) is 30.4 Å². The molecule has 0 unspecified atom stereocenters. The third-order valence-corrected chi connectivity index (χ3v) is 8.96. The molecule has 10 heteroatoms. The smallest absolute Gasteiger partial charge is 0.271 e. The second kappa shape index (κ2) is 11.8. The molecule has 3 aromatic rings. The fraction of sp³-hybridized carbons (Fsp3) is 0.273. The van der Waals surface area contributed by atoms with Gasteiger partial charge in [0, 0.05) is 18.1 Å². The van der Waals surface area contributed by atoms with Gasteiger partial charge in [0.15, 0.2) is 0 Å². The van der Waals surface area contributed by atoms with Gasteiger partial charge in [-0.05, 0) is 77.5 Å². The maximum Gasteiger partial charge on any atom is 0.271 e. The molecule has 2 saturated heterocycles. The second-order valence-corrected chi connectivity index (χ2v) is 11.5. The summed E-state index contributed by atoms with van der Waals surface area (Å²) < 4.78 is 6.26. The zero-order valence-electron chi connectivity index (χ0n) is 23.1. The number of phenolic OH excluding ortho intramolecular Hbond substituents is 1. The average Bonchev–Trinajstić information content (AvgIpc) is 3.54. The molecule has 0 radical (unpaired) electrons. The zero-order valence-corrected chi connectivity index (χ0v) is 23.8. The van der Waals surface area contributed by atoms with E-state index < -0.39 is 28.6 Å². The number of aliphatic hydroxyl groups excluding tert-OH is 1. The highest BCUT2D eigenvalue weighted by Crippen LogP contribution is 2.50. The van der Waals surface area contributed by atoms with E-state index in [4.69, 9.17) is 16.3 Å². The normalized spacial score (nSPS) is 23.5. The summed E-state index contributed by atoms with van der Waals surface area (Å²) >= 11 is 6.41. The number of hydrogen-bond acceptors (Lipinski definition) is 7. The van der Waals surface area contributed by atoms with Gasteiger partial charge in [-0.25, -0.2) is 4.90 Å². The van der Waals surface area contributed by atoms with Crippen LogP contribution in [0, 0.1) is 27.9 Å². The minimum atomic E-state index is -0.665. The van der Waals surface area contributed by atoms with Crippen LogP contribution in [-0.2, 0) is 14.3 Å². The van der Waals surface area contributed by atoms with Gasteiger partial charge in [-0.1, -0.05) is 48.0 Å². The van der Waals surface area contributed by atoms with Gasteiger partial charge >= 0.3 is 0 Å². The van der Waals surface area contributed by atoms with Crippen molar-refractivity contribution >= 4 is 46.4 Å². The molecule has 1 aliphatic carbocycles. The lowest BCUT2D eigenvalue weighted by Crippen LogP contribution is -2.35. The number of aliphatic hydroxyl groups is 1. The van der Waals surface area contributed by atoms with Crippen molar-refractivity contribution < 1.29 is 29.5 Å². The molecule has 220 valence electrons. The van der Waals surface area contributed by atoms with Crippen molar-refractivity contribution in [2.24, 2.45) is 17.8 Å². The molecule has 43 heavy (non-hydrogen) atoms. The zero-order chi connectivity index (χ0) is 30.2. The van der Waals surface area contributed by atoms with Gasteiger partial charge < -0.3 is 14.9 Å². The van der Waals surface area contributed by atoms with Crippen LogP contribution in [0.2, 0.25) is 5.02 Å². The van der Waals surface area contributed by atoms with Crippen LogP contribution in [0.5, 0.6) is 5.75 Å². The van der Waals surface area contributed by atoms with Gasteiger partial charge in [0.05, 0.1) is 46.8 Å². The highest BCUT2D eigenvalue weighted by atomic mass is 35.5. The van der Waals surface area contributed by atoms with Crippen LogP contribution in [0.25, 0.3) is 11.6 Å². The Hall–Kier alpha value is -4.31. The van der Waals surface area contributed by atoms with Crippen molar-refractivity contribution in [1.82, 2.24) is 0 Å². The van der Waals surface area contributed by atoms with Gasteiger partial charge in [0.2, 0.25) is 11.8 Å². The lowest BCUT2D eigenvalue weighted by atomic mass is 9.69. The Bertz CT molecular complexity index is 1670. The number of rotatable bonds is 8. The highest BCUT2D eigenvalue weighted by molar-refractivity contribution is 6.32. The standard InChI is InChI=1S/C33H29ClN2O7/c34-28-16-25(38)11-9-21(28)13-20(19-5-2-1-3-6-19)10-12-29-30-22(17-37)14-26-31(27(30)18-43-29)33(40)35(32(26)39)23-7-4-8-24(15-23)36(41)42/h1-9,11,13,15-16,26-27,29,31,37-38H,10,12,14,17-18H2/b20-13-/t26-,27+,29-,31-/m1/s1. The molecule has 6 rings (SSSR count). The number of amides is 2. The van der Waals surface area contributed by atoms with E-state index in [1.165, 1.54) is 30.3 Å². The van der Waals surface area contributed by atoms with Crippen LogP contribution < -0.4 is 4.90 Å². The average molecular weight is 601 g/mol. The van der Waals surface area contributed by atoms with Crippen molar-refractivity contribution in [1.29, 1.82) is 0 Å². The Kier molecular flexibility index (Phi) is 7.87. The molecule has 2 aliphatic heterocycles. The van der Waals surface area contributed by atoms with Crippen molar-refractivity contribution in [3.8, 4) is 5.75 Å². The Labute approximate surface area is 252 Å². The Morgan fingerprint density at radius 3 is 2.56 bits per heavy atom. The summed E-state index contributed by atoms with van der Waals surface area (Å²) in [6.07, 6.45) is 3.03. The van der Waals surface area contributed by atoms with E-state index in [1.807, 2.05) is 36.4 Å². The molecule has 4 atom stereocenters. The number of imide groups is 1. The van der Waals surface area contributed by atoms with Gasteiger partial charge in [-0.2, -0.15) is 0 Å². The molecule has 3 aliphatic rings. The third kappa shape index (κ3) is 5.35. The number of nitro groups is 1. The number of allylic oxidation sites excluding steroid dienone is 1. The minimum absolute atomic E-state index is 0.0804. The van der Waals surface area contributed by atoms with Gasteiger partial charge in [-0.15, -0.1) is 0 Å². The number of ether oxygens (including phenoxy) is 1. The first kappa shape index (κ1) is 28.8. The van der Waals surface area contributed by atoms with Crippen LogP contribution in [0.4, 0.5) is 11.4 Å². The summed E-state index contributed by atoms with van der Waals surface area (Å²) in [5.41, 5.74) is 4.32. The first-order valence-corrected chi connectivity index (χ1v) is 14.5. The fourth-order valence-electron chi connectivity index (χ4n) is 6.68. The van der Waals surface area contributed by atoms with Gasteiger partial charge in [0.1, 0.15) is 5.75 Å². The van der Waals surface area contributed by atoms with E-state index in [2.05, 4.69) is 0 Å². The molecular formula is C33H29ClN2O7. The quantitative estimate of drug-likeness (QED) is 0.110. The molecule has 2 N–H and O–H groups in total. The number of carbonyl (C=O) groups is 2.